The minimum atomic E-state index is -0.337. The lowest BCUT2D eigenvalue weighted by Crippen LogP contribution is -2.30. The van der Waals surface area contributed by atoms with Crippen LogP contribution in [-0.4, -0.2) is 32.1 Å². The zero-order valence-corrected chi connectivity index (χ0v) is 16.6. The minimum absolute atomic E-state index is 0.102. The SMILES string of the molecule is COCCNC(=O)Cc1ccc(N(Cc2ccc(F)cc2)C(=O)c2ccco2)cc1. The second kappa shape index (κ2) is 10.4. The van der Waals surface area contributed by atoms with Crippen LogP contribution in [0, 0.1) is 5.82 Å². The van der Waals surface area contributed by atoms with Gasteiger partial charge in [0.05, 0.1) is 25.8 Å². The Kier molecular flexibility index (Phi) is 7.34. The number of hydrogen-bond acceptors (Lipinski definition) is 4. The van der Waals surface area contributed by atoms with E-state index >= 15 is 0 Å². The summed E-state index contributed by atoms with van der Waals surface area (Å²) in [5.41, 5.74) is 2.24. The van der Waals surface area contributed by atoms with Crippen molar-refractivity contribution in [3.63, 3.8) is 0 Å². The Balaban J connectivity index is 1.76. The van der Waals surface area contributed by atoms with Gasteiger partial charge in [-0.05, 0) is 47.5 Å². The van der Waals surface area contributed by atoms with Gasteiger partial charge in [0, 0.05) is 19.3 Å². The lowest BCUT2D eigenvalue weighted by atomic mass is 10.1. The lowest BCUT2D eigenvalue weighted by molar-refractivity contribution is -0.120. The number of ether oxygens (including phenoxy) is 1. The van der Waals surface area contributed by atoms with Gasteiger partial charge in [0.15, 0.2) is 5.76 Å². The number of nitrogens with zero attached hydrogens (tertiary/aromatic N) is 1. The van der Waals surface area contributed by atoms with Gasteiger partial charge < -0.3 is 19.4 Å². The van der Waals surface area contributed by atoms with Crippen LogP contribution in [0.15, 0.2) is 71.3 Å². The molecule has 1 heterocycles. The molecule has 0 atom stereocenters. The van der Waals surface area contributed by atoms with E-state index in [1.165, 1.54) is 18.4 Å². The molecule has 156 valence electrons. The number of nitrogens with one attached hydrogen (secondary N) is 1. The van der Waals surface area contributed by atoms with Crippen LogP contribution in [0.5, 0.6) is 0 Å². The topological polar surface area (TPSA) is 71.8 Å². The van der Waals surface area contributed by atoms with Crippen LogP contribution < -0.4 is 10.2 Å². The molecule has 6 nitrogen and oxygen atoms in total. The Hall–Kier alpha value is -3.45. The Bertz CT molecular complexity index is 954. The molecule has 1 N–H and O–H groups in total. The number of benzene rings is 2. The first-order valence-electron chi connectivity index (χ1n) is 9.51. The Morgan fingerprint density at radius 3 is 2.37 bits per heavy atom. The van der Waals surface area contributed by atoms with Gasteiger partial charge in [-0.1, -0.05) is 24.3 Å². The van der Waals surface area contributed by atoms with Crippen molar-refractivity contribution in [3.05, 3.63) is 89.6 Å². The van der Waals surface area contributed by atoms with Gasteiger partial charge in [-0.15, -0.1) is 0 Å². The molecule has 3 rings (SSSR count). The molecule has 2 aromatic carbocycles. The molecule has 0 saturated carbocycles. The van der Waals surface area contributed by atoms with E-state index in [2.05, 4.69) is 5.32 Å². The number of furan rings is 1. The third-order valence-corrected chi connectivity index (χ3v) is 4.47. The van der Waals surface area contributed by atoms with Crippen molar-refractivity contribution < 1.29 is 23.1 Å². The summed E-state index contributed by atoms with van der Waals surface area (Å²) in [7, 11) is 1.58. The zero-order valence-electron chi connectivity index (χ0n) is 16.6. The summed E-state index contributed by atoms with van der Waals surface area (Å²) in [4.78, 5) is 26.5. The summed E-state index contributed by atoms with van der Waals surface area (Å²) in [6.45, 7) is 1.16. The first-order valence-corrected chi connectivity index (χ1v) is 9.51. The van der Waals surface area contributed by atoms with E-state index in [0.29, 0.717) is 18.8 Å². The second-order valence-corrected chi connectivity index (χ2v) is 6.68. The smallest absolute Gasteiger partial charge is 0.294 e. The fourth-order valence-electron chi connectivity index (χ4n) is 2.92. The van der Waals surface area contributed by atoms with E-state index in [0.717, 1.165) is 11.1 Å². The molecular formula is C23H23FN2O4. The molecule has 1 aromatic heterocycles. The molecule has 0 unspecified atom stereocenters. The van der Waals surface area contributed by atoms with Gasteiger partial charge in [-0.3, -0.25) is 9.59 Å². The predicted molar refractivity (Wildman–Crippen MR) is 111 cm³/mol. The number of halogens is 1. The quantitative estimate of drug-likeness (QED) is 0.548. The summed E-state index contributed by atoms with van der Waals surface area (Å²) in [6.07, 6.45) is 1.67. The highest BCUT2D eigenvalue weighted by atomic mass is 19.1. The summed E-state index contributed by atoms with van der Waals surface area (Å²) >= 11 is 0. The highest BCUT2D eigenvalue weighted by Gasteiger charge is 2.20. The van der Waals surface area contributed by atoms with Crippen LogP contribution >= 0.6 is 0 Å². The number of hydrogen-bond donors (Lipinski definition) is 1. The normalized spacial score (nSPS) is 10.6. The fraction of sp³-hybridized carbons (Fsp3) is 0.217. The van der Waals surface area contributed by atoms with Crippen LogP contribution in [0.1, 0.15) is 21.7 Å². The number of amides is 2. The van der Waals surface area contributed by atoms with E-state index in [9.17, 15) is 14.0 Å². The molecule has 0 bridgehead atoms. The van der Waals surface area contributed by atoms with Gasteiger partial charge in [0.25, 0.3) is 5.91 Å². The van der Waals surface area contributed by atoms with Gasteiger partial charge >= 0.3 is 0 Å². The number of carbonyl (C=O) groups is 2. The molecule has 3 aromatic rings. The molecule has 0 aliphatic heterocycles. The van der Waals surface area contributed by atoms with Gasteiger partial charge in [0.2, 0.25) is 5.91 Å². The Morgan fingerprint density at radius 2 is 1.73 bits per heavy atom. The van der Waals surface area contributed by atoms with Crippen molar-refractivity contribution in [1.29, 1.82) is 0 Å². The molecule has 0 saturated heterocycles. The Morgan fingerprint density at radius 1 is 1.03 bits per heavy atom. The third kappa shape index (κ3) is 5.78. The molecule has 7 heteroatoms. The molecule has 2 amide bonds. The largest absolute Gasteiger partial charge is 0.459 e. The maximum atomic E-state index is 13.2. The summed E-state index contributed by atoms with van der Waals surface area (Å²) in [5.74, 6) is -0.543. The standard InChI is InChI=1S/C23H23FN2O4/c1-29-14-12-25-22(27)15-17-6-10-20(11-7-17)26(23(28)21-3-2-13-30-21)16-18-4-8-19(24)9-5-18/h2-11,13H,12,14-16H2,1H3,(H,25,27). The van der Waals surface area contributed by atoms with Crippen LogP contribution in [0.2, 0.25) is 0 Å². The molecule has 0 fully saturated rings. The van der Waals surface area contributed by atoms with E-state index in [1.54, 1.807) is 60.5 Å². The molecule has 0 spiro atoms. The first-order chi connectivity index (χ1) is 14.6. The zero-order chi connectivity index (χ0) is 21.3. The Labute approximate surface area is 174 Å². The average molecular weight is 410 g/mol. The van der Waals surface area contributed by atoms with E-state index in [4.69, 9.17) is 9.15 Å². The maximum Gasteiger partial charge on any atom is 0.294 e. The number of methoxy groups -OCH3 is 1. The van der Waals surface area contributed by atoms with Crippen molar-refractivity contribution in [1.82, 2.24) is 5.32 Å². The van der Waals surface area contributed by atoms with Gasteiger partial charge in [-0.25, -0.2) is 4.39 Å². The number of anilines is 1. The number of carbonyl (C=O) groups excluding carboxylic acids is 2. The maximum absolute atomic E-state index is 13.2. The van der Waals surface area contributed by atoms with E-state index in [-0.39, 0.29) is 36.4 Å². The average Bonchev–Trinajstić information content (AvgIpc) is 3.29. The summed E-state index contributed by atoms with van der Waals surface area (Å²) < 4.78 is 23.4. The van der Waals surface area contributed by atoms with E-state index < -0.39 is 0 Å². The fourth-order valence-corrected chi connectivity index (χ4v) is 2.92. The van der Waals surface area contributed by atoms with Crippen LogP contribution in [0.3, 0.4) is 0 Å². The van der Waals surface area contributed by atoms with Crippen molar-refractivity contribution in [2.24, 2.45) is 0 Å². The lowest BCUT2D eigenvalue weighted by Gasteiger charge is -2.22. The van der Waals surface area contributed by atoms with Gasteiger partial charge in [-0.2, -0.15) is 0 Å². The third-order valence-electron chi connectivity index (χ3n) is 4.47. The summed E-state index contributed by atoms with van der Waals surface area (Å²) in [5, 5.41) is 2.77. The van der Waals surface area contributed by atoms with Gasteiger partial charge in [0.1, 0.15) is 5.82 Å². The van der Waals surface area contributed by atoms with Crippen LogP contribution in [0.4, 0.5) is 10.1 Å². The highest BCUT2D eigenvalue weighted by Crippen LogP contribution is 2.22. The van der Waals surface area contributed by atoms with E-state index in [1.807, 2.05) is 0 Å². The monoisotopic (exact) mass is 410 g/mol. The van der Waals surface area contributed by atoms with Crippen LogP contribution in [-0.2, 0) is 22.5 Å². The second-order valence-electron chi connectivity index (χ2n) is 6.68. The molecule has 0 radical (unpaired) electrons. The van der Waals surface area contributed by atoms with Crippen molar-refractivity contribution in [2.45, 2.75) is 13.0 Å². The molecule has 0 aliphatic carbocycles. The molecule has 30 heavy (non-hydrogen) atoms. The summed E-state index contributed by atoms with van der Waals surface area (Å²) in [6, 6.07) is 16.4. The predicted octanol–water partition coefficient (Wildman–Crippen LogP) is 3.57. The highest BCUT2D eigenvalue weighted by molar-refractivity contribution is 6.04. The van der Waals surface area contributed by atoms with Crippen molar-refractivity contribution in [3.8, 4) is 0 Å². The molecule has 0 aliphatic rings. The molecular weight excluding hydrogens is 387 g/mol. The van der Waals surface area contributed by atoms with Crippen molar-refractivity contribution >= 4 is 17.5 Å². The van der Waals surface area contributed by atoms with Crippen LogP contribution in [0.25, 0.3) is 0 Å². The minimum Gasteiger partial charge on any atom is -0.459 e. The first kappa shape index (κ1) is 21.3. The number of rotatable bonds is 9. The van der Waals surface area contributed by atoms with Crippen molar-refractivity contribution in [2.75, 3.05) is 25.2 Å².